The molecule has 0 saturated carbocycles. The summed E-state index contributed by atoms with van der Waals surface area (Å²) in [6.07, 6.45) is 6.23. The minimum Gasteiger partial charge on any atom is -0.496 e. The van der Waals surface area contributed by atoms with Gasteiger partial charge in [0.2, 0.25) is 5.91 Å². The minimum atomic E-state index is -0.935. The molecule has 0 radical (unpaired) electrons. The molecule has 0 aliphatic carbocycles. The van der Waals surface area contributed by atoms with Crippen LogP contribution in [0.1, 0.15) is 65.3 Å². The number of benzene rings is 3. The number of nitrogens with one attached hydrogen (secondary N) is 2. The Labute approximate surface area is 284 Å². The third-order valence-corrected chi connectivity index (χ3v) is 9.28. The number of Topliss-reactive ketones (excluding diaryl/α,β-unsaturated/α-hetero) is 1. The van der Waals surface area contributed by atoms with Crippen molar-refractivity contribution in [3.8, 4) is 17.0 Å². The van der Waals surface area contributed by atoms with E-state index in [-0.39, 0.29) is 36.9 Å². The lowest BCUT2D eigenvalue weighted by molar-refractivity contribution is -0.137. The van der Waals surface area contributed by atoms with Crippen LogP contribution in [0.25, 0.3) is 11.3 Å². The molecule has 6 rings (SSSR count). The molecule has 3 heterocycles. The van der Waals surface area contributed by atoms with Gasteiger partial charge in [-0.1, -0.05) is 48.5 Å². The summed E-state index contributed by atoms with van der Waals surface area (Å²) in [5, 5.41) is 12.0. The molecule has 10 heteroatoms. The number of aliphatic imine (C=N–C) groups is 1. The molecule has 0 spiro atoms. The molecule has 2 aliphatic rings. The van der Waals surface area contributed by atoms with E-state index in [0.717, 1.165) is 40.1 Å². The molecule has 3 aromatic carbocycles. The van der Waals surface area contributed by atoms with E-state index in [1.807, 2.05) is 78.6 Å². The first-order valence-electron chi connectivity index (χ1n) is 16.2. The molecule has 2 aliphatic heterocycles. The van der Waals surface area contributed by atoms with Crippen LogP contribution in [-0.4, -0.2) is 53.5 Å². The van der Waals surface area contributed by atoms with E-state index in [9.17, 15) is 19.2 Å². The average molecular weight is 659 g/mol. The van der Waals surface area contributed by atoms with Crippen LogP contribution in [0.3, 0.4) is 0 Å². The number of rotatable bonds is 12. The molecule has 0 fully saturated rings. The highest BCUT2D eigenvalue weighted by atomic mass is 16.5. The number of carboxylic acid groups (broad SMARTS) is 1. The van der Waals surface area contributed by atoms with Gasteiger partial charge in [0.25, 0.3) is 5.91 Å². The summed E-state index contributed by atoms with van der Waals surface area (Å²) >= 11 is 0. The minimum absolute atomic E-state index is 0.0656. The van der Waals surface area contributed by atoms with Crippen molar-refractivity contribution >= 4 is 35.5 Å². The molecule has 250 valence electrons. The maximum atomic E-state index is 13.8. The molecule has 49 heavy (non-hydrogen) atoms. The summed E-state index contributed by atoms with van der Waals surface area (Å²) in [4.78, 5) is 59.7. The van der Waals surface area contributed by atoms with Gasteiger partial charge in [-0.2, -0.15) is 0 Å². The number of hydrogen-bond acceptors (Lipinski definition) is 6. The number of hydrogen-bond donors (Lipinski definition) is 3. The predicted molar refractivity (Wildman–Crippen MR) is 187 cm³/mol. The van der Waals surface area contributed by atoms with Crippen molar-refractivity contribution in [2.45, 2.75) is 51.1 Å². The van der Waals surface area contributed by atoms with Crippen molar-refractivity contribution in [3.63, 3.8) is 0 Å². The fraction of sp³-hybridized carbons (Fsp3) is 0.256. The Kier molecular flexibility index (Phi) is 9.31. The standard InChI is InChI=1S/C39H38N4O6/c1-24(44)42-32(14-15-37(46)47)26-9-11-29(12-10-26)39(2)31(16-18-41-39)35(45)20-25-8-13-30(36(21-25)49-3)33-22-28(23-40-33)38(48)43-19-17-27-6-4-5-7-34(27)43/h4-13,16,18,21-23,32,40H,14-15,17,19-20H2,1-3H3,(H,42,44)(H,46,47). The molecule has 1 aromatic heterocycles. The first kappa shape index (κ1) is 33.1. The van der Waals surface area contributed by atoms with Crippen LogP contribution >= 0.6 is 0 Å². The number of para-hydroxylation sites is 1. The Morgan fingerprint density at radius 2 is 1.84 bits per heavy atom. The van der Waals surface area contributed by atoms with Crippen LogP contribution < -0.4 is 15.0 Å². The number of methoxy groups -OCH3 is 1. The fourth-order valence-electron chi connectivity index (χ4n) is 6.69. The molecular weight excluding hydrogens is 620 g/mol. The Bertz CT molecular complexity index is 1990. The molecule has 2 atom stereocenters. The van der Waals surface area contributed by atoms with Gasteiger partial charge >= 0.3 is 5.97 Å². The van der Waals surface area contributed by atoms with Crippen LogP contribution in [-0.2, 0) is 32.8 Å². The largest absolute Gasteiger partial charge is 0.496 e. The molecule has 10 nitrogen and oxygen atoms in total. The van der Waals surface area contributed by atoms with Gasteiger partial charge in [0.05, 0.1) is 18.7 Å². The number of amides is 2. The second-order valence-electron chi connectivity index (χ2n) is 12.5. The van der Waals surface area contributed by atoms with Crippen molar-refractivity contribution < 1.29 is 29.0 Å². The zero-order valence-corrected chi connectivity index (χ0v) is 27.7. The number of allylic oxidation sites excluding steroid dienone is 1. The summed E-state index contributed by atoms with van der Waals surface area (Å²) in [5.74, 6) is -0.762. The van der Waals surface area contributed by atoms with Crippen LogP contribution in [0, 0.1) is 0 Å². The lowest BCUT2D eigenvalue weighted by Gasteiger charge is -2.26. The van der Waals surface area contributed by atoms with Gasteiger partial charge in [0, 0.05) is 61.2 Å². The first-order valence-corrected chi connectivity index (χ1v) is 16.2. The van der Waals surface area contributed by atoms with Crippen LogP contribution in [0.15, 0.2) is 95.6 Å². The highest BCUT2D eigenvalue weighted by Crippen LogP contribution is 2.39. The van der Waals surface area contributed by atoms with Gasteiger partial charge in [-0.15, -0.1) is 0 Å². The number of ketones is 1. The summed E-state index contributed by atoms with van der Waals surface area (Å²) in [7, 11) is 1.58. The molecule has 2 amide bonds. The first-order chi connectivity index (χ1) is 23.6. The number of carboxylic acids is 1. The molecule has 2 unspecified atom stereocenters. The van der Waals surface area contributed by atoms with E-state index < -0.39 is 17.6 Å². The zero-order valence-electron chi connectivity index (χ0n) is 27.7. The SMILES string of the molecule is COc1cc(CC(=O)C2=CC=NC2(C)c2ccc(C(CCC(=O)O)NC(C)=O)cc2)ccc1-c1cc(C(=O)N2CCc3ccccc32)c[nH]1. The number of aliphatic carboxylic acids is 1. The number of fused-ring (bicyclic) bond motifs is 1. The Hall–Kier alpha value is -5.77. The maximum Gasteiger partial charge on any atom is 0.303 e. The number of H-pyrrole nitrogens is 1. The van der Waals surface area contributed by atoms with Crippen LogP contribution in [0.4, 0.5) is 5.69 Å². The van der Waals surface area contributed by atoms with Gasteiger partial charge in [-0.25, -0.2) is 0 Å². The van der Waals surface area contributed by atoms with E-state index in [4.69, 9.17) is 9.84 Å². The molecule has 0 saturated heterocycles. The Balaban J connectivity index is 1.16. The summed E-state index contributed by atoms with van der Waals surface area (Å²) in [6.45, 7) is 3.93. The third kappa shape index (κ3) is 6.80. The number of ether oxygens (including phenoxy) is 1. The van der Waals surface area contributed by atoms with E-state index in [1.54, 1.807) is 25.6 Å². The smallest absolute Gasteiger partial charge is 0.303 e. The molecule has 4 aromatic rings. The number of aromatic amines is 1. The lowest BCUT2D eigenvalue weighted by atomic mass is 9.82. The van der Waals surface area contributed by atoms with Crippen LogP contribution in [0.2, 0.25) is 0 Å². The van der Waals surface area contributed by atoms with Crippen molar-refractivity contribution in [2.24, 2.45) is 4.99 Å². The van der Waals surface area contributed by atoms with Gasteiger partial charge in [-0.3, -0.25) is 24.2 Å². The van der Waals surface area contributed by atoms with E-state index >= 15 is 0 Å². The average Bonchev–Trinajstić information content (AvgIpc) is 3.85. The fourth-order valence-corrected chi connectivity index (χ4v) is 6.69. The third-order valence-electron chi connectivity index (χ3n) is 9.28. The number of carbonyl (C=O) groups is 4. The van der Waals surface area contributed by atoms with E-state index in [0.29, 0.717) is 23.4 Å². The Morgan fingerprint density at radius 1 is 1.06 bits per heavy atom. The van der Waals surface area contributed by atoms with Gasteiger partial charge in [0.15, 0.2) is 5.78 Å². The second kappa shape index (κ2) is 13.8. The van der Waals surface area contributed by atoms with Crippen molar-refractivity contribution in [1.82, 2.24) is 10.3 Å². The van der Waals surface area contributed by atoms with Gasteiger partial charge < -0.3 is 25.0 Å². The zero-order chi connectivity index (χ0) is 34.7. The summed E-state index contributed by atoms with van der Waals surface area (Å²) in [5.41, 5.74) is 6.15. The number of aromatic nitrogens is 1. The van der Waals surface area contributed by atoms with Crippen LogP contribution in [0.5, 0.6) is 5.75 Å². The Morgan fingerprint density at radius 3 is 2.57 bits per heavy atom. The number of carbonyl (C=O) groups excluding carboxylic acids is 3. The molecule has 3 N–H and O–H groups in total. The number of nitrogens with zero attached hydrogens (tertiary/aromatic N) is 2. The molecular formula is C39H38N4O6. The second-order valence-corrected chi connectivity index (χ2v) is 12.5. The van der Waals surface area contributed by atoms with Crippen molar-refractivity contribution in [1.29, 1.82) is 0 Å². The predicted octanol–water partition coefficient (Wildman–Crippen LogP) is 5.97. The van der Waals surface area contributed by atoms with Crippen molar-refractivity contribution in [3.05, 3.63) is 118 Å². The highest BCUT2D eigenvalue weighted by Gasteiger charge is 2.37. The number of anilines is 1. The van der Waals surface area contributed by atoms with Gasteiger partial charge in [-0.05, 0) is 72.4 Å². The van der Waals surface area contributed by atoms with E-state index in [1.165, 1.54) is 12.5 Å². The highest BCUT2D eigenvalue weighted by molar-refractivity contribution is 6.08. The summed E-state index contributed by atoms with van der Waals surface area (Å²) < 4.78 is 5.73. The van der Waals surface area contributed by atoms with Crippen molar-refractivity contribution in [2.75, 3.05) is 18.6 Å². The molecule has 0 bridgehead atoms. The normalized spacial score (nSPS) is 17.0. The van der Waals surface area contributed by atoms with Gasteiger partial charge in [0.1, 0.15) is 11.3 Å². The lowest BCUT2D eigenvalue weighted by Crippen LogP contribution is -2.28. The van der Waals surface area contributed by atoms with E-state index in [2.05, 4.69) is 21.4 Å². The maximum absolute atomic E-state index is 13.8. The monoisotopic (exact) mass is 658 g/mol. The summed E-state index contributed by atoms with van der Waals surface area (Å²) in [6, 6.07) is 22.4. The quantitative estimate of drug-likeness (QED) is 0.171. The topological polar surface area (TPSA) is 141 Å².